The Labute approximate surface area is 212 Å². The number of hydrogen-bond donors (Lipinski definition) is 2. The van der Waals surface area contributed by atoms with E-state index in [2.05, 4.69) is 22.3 Å². The zero-order valence-corrected chi connectivity index (χ0v) is 20.6. The van der Waals surface area contributed by atoms with Gasteiger partial charge in [0.05, 0.1) is 5.69 Å². The lowest BCUT2D eigenvalue weighted by Crippen LogP contribution is -2.38. The normalized spacial score (nSPS) is 11.6. The van der Waals surface area contributed by atoms with Crippen LogP contribution in [0.3, 0.4) is 0 Å². The molecule has 3 aromatic carbocycles. The third-order valence-electron chi connectivity index (χ3n) is 5.43. The van der Waals surface area contributed by atoms with Gasteiger partial charge >= 0.3 is 5.97 Å². The second-order valence-corrected chi connectivity index (χ2v) is 9.37. The monoisotopic (exact) mass is 505 g/mol. The van der Waals surface area contributed by atoms with Crippen LogP contribution in [-0.2, 0) is 17.9 Å². The van der Waals surface area contributed by atoms with Crippen LogP contribution in [0.5, 0.6) is 0 Å². The fourth-order valence-electron chi connectivity index (χ4n) is 3.48. The molecule has 0 bridgehead atoms. The van der Waals surface area contributed by atoms with Crippen molar-refractivity contribution in [3.63, 3.8) is 0 Å². The molecular weight excluding hydrogens is 482 g/mol. The fraction of sp³-hybridized carbons (Fsp3) is 0.148. The number of nitrogens with one attached hydrogen (secondary N) is 1. The van der Waals surface area contributed by atoms with Crippen molar-refractivity contribution in [1.82, 2.24) is 10.3 Å². The number of nitrogens with zero attached hydrogens (tertiary/aromatic N) is 2. The van der Waals surface area contributed by atoms with Gasteiger partial charge in [-0.3, -0.25) is 9.59 Å². The summed E-state index contributed by atoms with van der Waals surface area (Å²) in [6.45, 7) is 2.70. The second kappa shape index (κ2) is 11.2. The predicted octanol–water partition coefficient (Wildman–Crippen LogP) is 5.87. The molecule has 4 rings (SSSR count). The fourth-order valence-corrected chi connectivity index (χ4v) is 4.44. The van der Waals surface area contributed by atoms with Crippen molar-refractivity contribution in [2.45, 2.75) is 26.1 Å². The van der Waals surface area contributed by atoms with Gasteiger partial charge in [-0.05, 0) is 42.3 Å². The number of aromatic nitrogens is 1. The Kier molecular flexibility index (Phi) is 7.80. The Morgan fingerprint density at radius 1 is 0.971 bits per heavy atom. The number of carboxylic acids is 1. The van der Waals surface area contributed by atoms with Gasteiger partial charge in [0.15, 0.2) is 5.13 Å². The number of carboxylic acid groups (broad SMARTS) is 1. The number of amides is 1. The van der Waals surface area contributed by atoms with Crippen molar-refractivity contribution in [3.8, 4) is 11.3 Å². The highest BCUT2D eigenvalue weighted by molar-refractivity contribution is 7.14. The maximum atomic E-state index is 12.3. The van der Waals surface area contributed by atoms with Crippen LogP contribution in [0, 0.1) is 0 Å². The van der Waals surface area contributed by atoms with Gasteiger partial charge in [0, 0.05) is 34.6 Å². The first-order valence-electron chi connectivity index (χ1n) is 11.0. The molecule has 35 heavy (non-hydrogen) atoms. The van der Waals surface area contributed by atoms with Crippen LogP contribution < -0.4 is 10.2 Å². The number of anilines is 1. The third-order valence-corrected chi connectivity index (χ3v) is 6.58. The molecule has 0 aliphatic carbocycles. The van der Waals surface area contributed by atoms with Crippen molar-refractivity contribution in [3.05, 3.63) is 106 Å². The summed E-state index contributed by atoms with van der Waals surface area (Å²) in [6.07, 6.45) is 0. The molecule has 8 heteroatoms. The highest BCUT2D eigenvalue weighted by Crippen LogP contribution is 2.30. The largest absolute Gasteiger partial charge is 0.480 e. The van der Waals surface area contributed by atoms with E-state index in [-0.39, 0.29) is 0 Å². The molecule has 0 aliphatic heterocycles. The number of carbonyl (C=O) groups is 2. The number of hydrogen-bond acceptors (Lipinski definition) is 5. The Morgan fingerprint density at radius 3 is 2.23 bits per heavy atom. The highest BCUT2D eigenvalue weighted by atomic mass is 35.5. The minimum atomic E-state index is -1.08. The molecule has 178 valence electrons. The van der Waals surface area contributed by atoms with Gasteiger partial charge in [0.25, 0.3) is 5.91 Å². The van der Waals surface area contributed by atoms with Gasteiger partial charge < -0.3 is 15.3 Å². The van der Waals surface area contributed by atoms with E-state index in [1.807, 2.05) is 60.0 Å². The zero-order valence-electron chi connectivity index (χ0n) is 19.0. The first kappa shape index (κ1) is 24.4. The molecule has 6 nitrogen and oxygen atoms in total. The molecular formula is C27H24ClN3O3S. The van der Waals surface area contributed by atoms with Crippen LogP contribution in [-0.4, -0.2) is 28.0 Å². The SMILES string of the molecule is CC(NC(=O)c1ccc(CN(Cc2ccccc2)c2nc(-c3ccc(Cl)cc3)cs2)cc1)C(=O)O. The summed E-state index contributed by atoms with van der Waals surface area (Å²) in [5.74, 6) is -1.49. The van der Waals surface area contributed by atoms with Gasteiger partial charge in [-0.15, -0.1) is 11.3 Å². The molecule has 4 aromatic rings. The van der Waals surface area contributed by atoms with Crippen LogP contribution in [0.1, 0.15) is 28.4 Å². The van der Waals surface area contributed by atoms with E-state index in [0.29, 0.717) is 23.7 Å². The van der Waals surface area contributed by atoms with E-state index in [1.54, 1.807) is 23.5 Å². The van der Waals surface area contributed by atoms with Crippen molar-refractivity contribution in [2.75, 3.05) is 4.90 Å². The maximum absolute atomic E-state index is 12.3. The molecule has 0 fully saturated rings. The molecule has 1 heterocycles. The molecule has 0 saturated heterocycles. The average Bonchev–Trinajstić information content (AvgIpc) is 3.35. The van der Waals surface area contributed by atoms with Gasteiger partial charge in [-0.2, -0.15) is 0 Å². The van der Waals surface area contributed by atoms with Crippen LogP contribution in [0.15, 0.2) is 84.2 Å². The van der Waals surface area contributed by atoms with Gasteiger partial charge in [0.1, 0.15) is 6.04 Å². The topological polar surface area (TPSA) is 82.5 Å². The van der Waals surface area contributed by atoms with Crippen LogP contribution >= 0.6 is 22.9 Å². The molecule has 0 aliphatic rings. The third kappa shape index (κ3) is 6.47. The van der Waals surface area contributed by atoms with E-state index in [1.165, 1.54) is 6.92 Å². The summed E-state index contributed by atoms with van der Waals surface area (Å²) in [5.41, 5.74) is 4.47. The van der Waals surface area contributed by atoms with E-state index in [9.17, 15) is 9.59 Å². The molecule has 1 aromatic heterocycles. The number of rotatable bonds is 9. The van der Waals surface area contributed by atoms with Crippen molar-refractivity contribution in [2.24, 2.45) is 0 Å². The lowest BCUT2D eigenvalue weighted by Gasteiger charge is -2.22. The maximum Gasteiger partial charge on any atom is 0.325 e. The smallest absolute Gasteiger partial charge is 0.325 e. The lowest BCUT2D eigenvalue weighted by atomic mass is 10.1. The summed E-state index contributed by atoms with van der Waals surface area (Å²) in [6, 6.07) is 24.0. The van der Waals surface area contributed by atoms with Crippen LogP contribution in [0.4, 0.5) is 5.13 Å². The highest BCUT2D eigenvalue weighted by Gasteiger charge is 2.17. The molecule has 0 radical (unpaired) electrons. The zero-order chi connectivity index (χ0) is 24.8. The van der Waals surface area contributed by atoms with Crippen LogP contribution in [0.25, 0.3) is 11.3 Å². The van der Waals surface area contributed by atoms with Crippen molar-refractivity contribution in [1.29, 1.82) is 0 Å². The summed E-state index contributed by atoms with van der Waals surface area (Å²) in [4.78, 5) is 30.4. The molecule has 0 saturated carbocycles. The molecule has 1 unspecified atom stereocenters. The molecule has 2 N–H and O–H groups in total. The van der Waals surface area contributed by atoms with Gasteiger partial charge in [-0.25, -0.2) is 4.98 Å². The summed E-state index contributed by atoms with van der Waals surface area (Å²) in [7, 11) is 0. The number of carbonyl (C=O) groups excluding carboxylic acids is 1. The summed E-state index contributed by atoms with van der Waals surface area (Å²) in [5, 5.41) is 15.1. The van der Waals surface area contributed by atoms with Gasteiger partial charge in [-0.1, -0.05) is 66.2 Å². The first-order chi connectivity index (χ1) is 16.9. The van der Waals surface area contributed by atoms with E-state index in [0.717, 1.165) is 27.5 Å². The van der Waals surface area contributed by atoms with Gasteiger partial charge in [0.2, 0.25) is 0 Å². The second-order valence-electron chi connectivity index (χ2n) is 8.09. The Morgan fingerprint density at radius 2 is 1.60 bits per heavy atom. The summed E-state index contributed by atoms with van der Waals surface area (Å²) < 4.78 is 0. The lowest BCUT2D eigenvalue weighted by molar-refractivity contribution is -0.138. The Hall–Kier alpha value is -3.68. The average molecular weight is 506 g/mol. The van der Waals surface area contributed by atoms with Crippen LogP contribution in [0.2, 0.25) is 5.02 Å². The molecule has 1 atom stereocenters. The standard InChI is InChI=1S/C27H24ClN3O3S/c1-18(26(33)34)29-25(32)22-9-7-20(8-10-22)16-31(15-19-5-3-2-4-6-19)27-30-24(17-35-27)21-11-13-23(28)14-12-21/h2-14,17-18H,15-16H2,1H3,(H,29,32)(H,33,34). The minimum Gasteiger partial charge on any atom is -0.480 e. The van der Waals surface area contributed by atoms with E-state index in [4.69, 9.17) is 21.7 Å². The van der Waals surface area contributed by atoms with E-state index < -0.39 is 17.9 Å². The summed E-state index contributed by atoms with van der Waals surface area (Å²) >= 11 is 7.60. The number of halogens is 1. The van der Waals surface area contributed by atoms with Crippen molar-refractivity contribution >= 4 is 39.9 Å². The predicted molar refractivity (Wildman–Crippen MR) is 140 cm³/mol. The molecule has 0 spiro atoms. The molecule has 1 amide bonds. The Balaban J connectivity index is 1.54. The number of aliphatic carboxylic acids is 1. The first-order valence-corrected chi connectivity index (χ1v) is 12.3. The van der Waals surface area contributed by atoms with Crippen molar-refractivity contribution < 1.29 is 14.7 Å². The Bertz CT molecular complexity index is 1290. The minimum absolute atomic E-state index is 0.413. The number of benzene rings is 3. The number of thiazole rings is 1. The quantitative estimate of drug-likeness (QED) is 0.297. The van der Waals surface area contributed by atoms with E-state index >= 15 is 0 Å².